The maximum atomic E-state index is 13.4. The standard InChI is InChI=1S/C19H25F3N4O/c1-4-9-25(14-7-8-23-11-14)17(27)13-5-6-16-15(10-13)24-18(19(20,21)22)26(16)12(2)3/h5-6,10,12,14,23H,4,7-9,11H2,1-3H3. The molecule has 0 radical (unpaired) electrons. The number of hydrogen-bond acceptors (Lipinski definition) is 3. The minimum absolute atomic E-state index is 0.118. The summed E-state index contributed by atoms with van der Waals surface area (Å²) in [4.78, 5) is 18.7. The fourth-order valence-electron chi connectivity index (χ4n) is 3.72. The Morgan fingerprint density at radius 1 is 1.41 bits per heavy atom. The van der Waals surface area contributed by atoms with E-state index in [1.807, 2.05) is 11.8 Å². The van der Waals surface area contributed by atoms with Crippen molar-refractivity contribution in [1.29, 1.82) is 0 Å². The quantitative estimate of drug-likeness (QED) is 0.855. The molecule has 0 spiro atoms. The number of carbonyl (C=O) groups excluding carboxylic acids is 1. The van der Waals surface area contributed by atoms with Crippen molar-refractivity contribution in [3.63, 3.8) is 0 Å². The van der Waals surface area contributed by atoms with Gasteiger partial charge in [0.25, 0.3) is 5.91 Å². The molecule has 1 atom stereocenters. The molecule has 1 aliphatic rings. The predicted molar refractivity (Wildman–Crippen MR) is 97.7 cm³/mol. The summed E-state index contributed by atoms with van der Waals surface area (Å²) in [5.41, 5.74) is 0.964. The van der Waals surface area contributed by atoms with Gasteiger partial charge in [-0.15, -0.1) is 0 Å². The topological polar surface area (TPSA) is 50.2 Å². The second kappa shape index (κ2) is 7.50. The molecule has 2 heterocycles. The molecule has 0 bridgehead atoms. The zero-order chi connectivity index (χ0) is 19.8. The summed E-state index contributed by atoms with van der Waals surface area (Å²) in [6, 6.07) is 4.39. The largest absolute Gasteiger partial charge is 0.449 e. The van der Waals surface area contributed by atoms with Gasteiger partial charge >= 0.3 is 6.18 Å². The van der Waals surface area contributed by atoms with E-state index in [-0.39, 0.29) is 17.5 Å². The first-order valence-corrected chi connectivity index (χ1v) is 9.35. The molecule has 1 fully saturated rings. The number of fused-ring (bicyclic) bond motifs is 1. The number of imidazole rings is 1. The van der Waals surface area contributed by atoms with E-state index in [2.05, 4.69) is 10.3 Å². The van der Waals surface area contributed by atoms with Crippen LogP contribution in [-0.4, -0.2) is 46.0 Å². The van der Waals surface area contributed by atoms with Gasteiger partial charge < -0.3 is 14.8 Å². The van der Waals surface area contributed by atoms with Gasteiger partial charge in [0.15, 0.2) is 0 Å². The fourth-order valence-corrected chi connectivity index (χ4v) is 3.72. The van der Waals surface area contributed by atoms with E-state index in [1.54, 1.807) is 26.0 Å². The first kappa shape index (κ1) is 19.7. The Kier molecular flexibility index (Phi) is 5.46. The summed E-state index contributed by atoms with van der Waals surface area (Å²) in [7, 11) is 0. The van der Waals surface area contributed by atoms with Crippen molar-refractivity contribution in [3.05, 3.63) is 29.6 Å². The van der Waals surface area contributed by atoms with Crippen molar-refractivity contribution in [3.8, 4) is 0 Å². The lowest BCUT2D eigenvalue weighted by Crippen LogP contribution is -2.42. The summed E-state index contributed by atoms with van der Waals surface area (Å²) >= 11 is 0. The number of hydrogen-bond donors (Lipinski definition) is 1. The van der Waals surface area contributed by atoms with Gasteiger partial charge in [-0.3, -0.25) is 4.79 Å². The molecule has 1 unspecified atom stereocenters. The van der Waals surface area contributed by atoms with Gasteiger partial charge in [0.1, 0.15) is 0 Å². The van der Waals surface area contributed by atoms with Crippen LogP contribution in [0.3, 0.4) is 0 Å². The molecular formula is C19H25F3N4O. The van der Waals surface area contributed by atoms with Gasteiger partial charge in [-0.05, 0) is 51.4 Å². The molecule has 8 heteroatoms. The van der Waals surface area contributed by atoms with Crippen LogP contribution in [-0.2, 0) is 6.18 Å². The molecule has 2 aromatic rings. The van der Waals surface area contributed by atoms with Crippen LogP contribution in [0.1, 0.15) is 55.8 Å². The van der Waals surface area contributed by atoms with Crippen LogP contribution in [0, 0.1) is 0 Å². The smallest absolute Gasteiger partial charge is 0.334 e. The van der Waals surface area contributed by atoms with Gasteiger partial charge in [0.2, 0.25) is 5.82 Å². The molecule has 1 aromatic carbocycles. The van der Waals surface area contributed by atoms with Crippen LogP contribution >= 0.6 is 0 Å². The lowest BCUT2D eigenvalue weighted by Gasteiger charge is -2.28. The van der Waals surface area contributed by atoms with E-state index in [4.69, 9.17) is 0 Å². The van der Waals surface area contributed by atoms with Gasteiger partial charge in [-0.25, -0.2) is 4.98 Å². The number of rotatable bonds is 5. The Hall–Kier alpha value is -2.09. The van der Waals surface area contributed by atoms with Crippen LogP contribution < -0.4 is 5.32 Å². The van der Waals surface area contributed by atoms with Crippen LogP contribution in [0.25, 0.3) is 11.0 Å². The highest BCUT2D eigenvalue weighted by Crippen LogP contribution is 2.34. The maximum absolute atomic E-state index is 13.4. The van der Waals surface area contributed by atoms with Crippen LogP contribution in [0.5, 0.6) is 0 Å². The van der Waals surface area contributed by atoms with Crippen molar-refractivity contribution in [2.24, 2.45) is 0 Å². The number of nitrogens with zero attached hydrogens (tertiary/aromatic N) is 3. The lowest BCUT2D eigenvalue weighted by atomic mass is 10.1. The molecule has 0 saturated carbocycles. The van der Waals surface area contributed by atoms with Gasteiger partial charge in [0, 0.05) is 30.7 Å². The molecule has 1 N–H and O–H groups in total. The Labute approximate surface area is 156 Å². The van der Waals surface area contributed by atoms with Crippen molar-refractivity contribution in [2.75, 3.05) is 19.6 Å². The number of halogens is 3. The highest BCUT2D eigenvalue weighted by atomic mass is 19.4. The Morgan fingerprint density at radius 3 is 2.70 bits per heavy atom. The van der Waals surface area contributed by atoms with Gasteiger partial charge in [-0.2, -0.15) is 13.2 Å². The van der Waals surface area contributed by atoms with E-state index in [1.165, 1.54) is 10.6 Å². The predicted octanol–water partition coefficient (Wildman–Crippen LogP) is 3.85. The van der Waals surface area contributed by atoms with Crippen LogP contribution in [0.2, 0.25) is 0 Å². The molecule has 1 amide bonds. The molecule has 148 valence electrons. The Balaban J connectivity index is 2.01. The summed E-state index contributed by atoms with van der Waals surface area (Å²) in [6.45, 7) is 7.61. The number of amides is 1. The highest BCUT2D eigenvalue weighted by Gasteiger charge is 2.38. The average molecular weight is 382 g/mol. The van der Waals surface area contributed by atoms with E-state index in [9.17, 15) is 18.0 Å². The van der Waals surface area contributed by atoms with Crippen molar-refractivity contribution in [2.45, 2.75) is 51.9 Å². The van der Waals surface area contributed by atoms with E-state index < -0.39 is 18.0 Å². The first-order valence-electron chi connectivity index (χ1n) is 9.35. The average Bonchev–Trinajstić information content (AvgIpc) is 3.25. The summed E-state index contributed by atoms with van der Waals surface area (Å²) in [5.74, 6) is -1.08. The van der Waals surface area contributed by atoms with Gasteiger partial charge in [-0.1, -0.05) is 6.92 Å². The van der Waals surface area contributed by atoms with Crippen molar-refractivity contribution < 1.29 is 18.0 Å². The third kappa shape index (κ3) is 3.81. The second-order valence-electron chi connectivity index (χ2n) is 7.25. The van der Waals surface area contributed by atoms with Crippen molar-refractivity contribution in [1.82, 2.24) is 19.8 Å². The third-order valence-electron chi connectivity index (χ3n) is 4.91. The number of carbonyl (C=O) groups is 1. The SMILES string of the molecule is CCCN(C(=O)c1ccc2c(c1)nc(C(F)(F)F)n2C(C)C)C1CCNC1. The number of alkyl halides is 3. The number of benzene rings is 1. The second-order valence-corrected chi connectivity index (χ2v) is 7.25. The molecule has 1 aromatic heterocycles. The normalized spacial score (nSPS) is 17.8. The summed E-state index contributed by atoms with van der Waals surface area (Å²) < 4.78 is 41.3. The van der Waals surface area contributed by atoms with E-state index >= 15 is 0 Å². The zero-order valence-electron chi connectivity index (χ0n) is 15.8. The third-order valence-corrected chi connectivity index (χ3v) is 4.91. The maximum Gasteiger partial charge on any atom is 0.449 e. The monoisotopic (exact) mass is 382 g/mol. The molecule has 1 aliphatic heterocycles. The highest BCUT2D eigenvalue weighted by molar-refractivity contribution is 5.97. The van der Waals surface area contributed by atoms with E-state index in [0.717, 1.165) is 25.9 Å². The van der Waals surface area contributed by atoms with Gasteiger partial charge in [0.05, 0.1) is 11.0 Å². The molecular weight excluding hydrogens is 357 g/mol. The molecule has 5 nitrogen and oxygen atoms in total. The Morgan fingerprint density at radius 2 is 2.15 bits per heavy atom. The summed E-state index contributed by atoms with van der Waals surface area (Å²) in [5, 5.41) is 3.25. The lowest BCUT2D eigenvalue weighted by molar-refractivity contribution is -0.147. The first-order chi connectivity index (χ1) is 12.7. The van der Waals surface area contributed by atoms with E-state index in [0.29, 0.717) is 17.6 Å². The number of aromatic nitrogens is 2. The molecule has 27 heavy (non-hydrogen) atoms. The summed E-state index contributed by atoms with van der Waals surface area (Å²) in [6.07, 6.45) is -2.84. The van der Waals surface area contributed by atoms with Crippen LogP contribution in [0.15, 0.2) is 18.2 Å². The van der Waals surface area contributed by atoms with Crippen molar-refractivity contribution >= 4 is 16.9 Å². The molecule has 0 aliphatic carbocycles. The molecule has 3 rings (SSSR count). The molecule has 1 saturated heterocycles. The minimum atomic E-state index is -4.54. The minimum Gasteiger partial charge on any atom is -0.334 e. The Bertz CT molecular complexity index is 822. The zero-order valence-corrected chi connectivity index (χ0v) is 15.8. The fraction of sp³-hybridized carbons (Fsp3) is 0.579. The number of nitrogens with one attached hydrogen (secondary N) is 1. The van der Waals surface area contributed by atoms with Crippen LogP contribution in [0.4, 0.5) is 13.2 Å².